The minimum absolute atomic E-state index is 0.150. The number of aromatic nitrogens is 1. The van der Waals surface area contributed by atoms with E-state index in [4.69, 9.17) is 9.52 Å². The fourth-order valence-corrected chi connectivity index (χ4v) is 4.43. The number of nitrogens with zero attached hydrogens (tertiary/aromatic N) is 1. The van der Waals surface area contributed by atoms with Gasteiger partial charge in [0.1, 0.15) is 5.52 Å². The molecule has 2 N–H and O–H groups in total. The number of fused-ring (bicyclic) bond motifs is 2. The van der Waals surface area contributed by atoms with Gasteiger partial charge in [-0.25, -0.2) is 9.37 Å². The Kier molecular flexibility index (Phi) is 4.79. The third kappa shape index (κ3) is 3.39. The molecule has 5 nitrogen and oxygen atoms in total. The molecule has 6 heteroatoms. The van der Waals surface area contributed by atoms with Crippen LogP contribution < -0.4 is 5.32 Å². The first kappa shape index (κ1) is 19.5. The SMILES string of the molecule is Cc1c(-c2ccccc2)cccc1-c1nc2cc3c(c(F)c2o1)CC[C@H]3NCC(=O)O. The predicted octanol–water partition coefficient (Wildman–Crippen LogP) is 5.27. The molecule has 156 valence electrons. The lowest BCUT2D eigenvalue weighted by molar-refractivity contribution is -0.136. The Bertz CT molecular complexity index is 1300. The van der Waals surface area contributed by atoms with E-state index < -0.39 is 11.8 Å². The van der Waals surface area contributed by atoms with E-state index in [1.54, 1.807) is 0 Å². The van der Waals surface area contributed by atoms with Crippen molar-refractivity contribution in [2.24, 2.45) is 0 Å². The maximum Gasteiger partial charge on any atom is 0.317 e. The second-order valence-corrected chi connectivity index (χ2v) is 7.84. The third-order valence-electron chi connectivity index (χ3n) is 5.97. The number of oxazole rings is 1. The van der Waals surface area contributed by atoms with E-state index >= 15 is 4.39 Å². The van der Waals surface area contributed by atoms with Crippen molar-refractivity contribution in [3.8, 4) is 22.6 Å². The zero-order valence-electron chi connectivity index (χ0n) is 17.0. The first-order valence-electron chi connectivity index (χ1n) is 10.3. The van der Waals surface area contributed by atoms with Gasteiger partial charge in [-0.1, -0.05) is 42.5 Å². The number of carboxylic acid groups (broad SMARTS) is 1. The van der Waals surface area contributed by atoms with Crippen LogP contribution in [0.4, 0.5) is 4.39 Å². The highest BCUT2D eigenvalue weighted by Crippen LogP contribution is 2.39. The number of halogens is 1. The second kappa shape index (κ2) is 7.63. The molecule has 0 unspecified atom stereocenters. The summed E-state index contributed by atoms with van der Waals surface area (Å²) in [5, 5.41) is 11.9. The number of aliphatic carboxylic acids is 1. The molecular weight excluding hydrogens is 395 g/mol. The third-order valence-corrected chi connectivity index (χ3v) is 5.97. The zero-order valence-corrected chi connectivity index (χ0v) is 17.0. The molecule has 4 aromatic rings. The molecule has 31 heavy (non-hydrogen) atoms. The summed E-state index contributed by atoms with van der Waals surface area (Å²) < 4.78 is 21.2. The topological polar surface area (TPSA) is 75.4 Å². The fourth-order valence-electron chi connectivity index (χ4n) is 4.43. The molecule has 5 rings (SSSR count). The summed E-state index contributed by atoms with van der Waals surface area (Å²) in [6, 6.07) is 17.6. The van der Waals surface area contributed by atoms with Crippen LogP contribution in [0.2, 0.25) is 0 Å². The predicted molar refractivity (Wildman–Crippen MR) is 116 cm³/mol. The van der Waals surface area contributed by atoms with E-state index in [2.05, 4.69) is 10.3 Å². The van der Waals surface area contributed by atoms with Crippen LogP contribution in [0.5, 0.6) is 0 Å². The first-order valence-corrected chi connectivity index (χ1v) is 10.3. The Morgan fingerprint density at radius 3 is 2.74 bits per heavy atom. The van der Waals surface area contributed by atoms with Crippen LogP contribution in [-0.2, 0) is 11.2 Å². The van der Waals surface area contributed by atoms with Crippen LogP contribution in [0.1, 0.15) is 29.2 Å². The van der Waals surface area contributed by atoms with Crippen molar-refractivity contribution in [1.82, 2.24) is 10.3 Å². The molecule has 1 aliphatic carbocycles. The van der Waals surface area contributed by atoms with Crippen LogP contribution in [-0.4, -0.2) is 22.6 Å². The average molecular weight is 416 g/mol. The quantitative estimate of drug-likeness (QED) is 0.464. The summed E-state index contributed by atoms with van der Waals surface area (Å²) in [4.78, 5) is 15.5. The van der Waals surface area contributed by atoms with Gasteiger partial charge >= 0.3 is 5.97 Å². The molecule has 0 radical (unpaired) electrons. The standard InChI is InChI=1S/C25H21FN2O3/c1-14-16(15-6-3-2-4-7-15)8-5-9-17(14)25-28-21-12-19-18(23(26)24(21)31-25)10-11-20(19)27-13-22(29)30/h2-9,12,20,27H,10-11,13H2,1H3,(H,29,30)/t20-/m1/s1. The Morgan fingerprint density at radius 1 is 1.19 bits per heavy atom. The molecule has 0 aliphatic heterocycles. The number of hydrogen-bond donors (Lipinski definition) is 2. The van der Waals surface area contributed by atoms with Gasteiger partial charge < -0.3 is 14.8 Å². The molecule has 1 heterocycles. The number of carboxylic acids is 1. The highest BCUT2D eigenvalue weighted by Gasteiger charge is 2.29. The molecule has 1 atom stereocenters. The van der Waals surface area contributed by atoms with Crippen LogP contribution in [0.3, 0.4) is 0 Å². The molecule has 0 saturated heterocycles. The van der Waals surface area contributed by atoms with Gasteiger partial charge in [0.05, 0.1) is 6.54 Å². The first-order chi connectivity index (χ1) is 15.0. The normalized spacial score (nSPS) is 15.4. The Hall–Kier alpha value is -3.51. The summed E-state index contributed by atoms with van der Waals surface area (Å²) in [5.74, 6) is -0.960. The van der Waals surface area contributed by atoms with E-state index in [1.165, 1.54) is 0 Å². The second-order valence-electron chi connectivity index (χ2n) is 7.84. The molecule has 0 bridgehead atoms. The largest absolute Gasteiger partial charge is 0.480 e. The Labute approximate surface area is 178 Å². The van der Waals surface area contributed by atoms with Crippen molar-refractivity contribution in [3.05, 3.63) is 77.1 Å². The van der Waals surface area contributed by atoms with Crippen molar-refractivity contribution in [3.63, 3.8) is 0 Å². The van der Waals surface area contributed by atoms with E-state index in [0.717, 1.165) is 27.8 Å². The van der Waals surface area contributed by atoms with Crippen LogP contribution >= 0.6 is 0 Å². The van der Waals surface area contributed by atoms with Gasteiger partial charge in [0.2, 0.25) is 5.89 Å². The van der Waals surface area contributed by atoms with Gasteiger partial charge in [-0.15, -0.1) is 0 Å². The minimum atomic E-state index is -0.938. The number of rotatable bonds is 5. The highest BCUT2D eigenvalue weighted by atomic mass is 19.1. The van der Waals surface area contributed by atoms with Crippen molar-refractivity contribution in [2.75, 3.05) is 6.54 Å². The van der Waals surface area contributed by atoms with Crippen LogP contribution in [0, 0.1) is 12.7 Å². The van der Waals surface area contributed by atoms with Gasteiger partial charge in [0.15, 0.2) is 11.4 Å². The maximum atomic E-state index is 15.2. The number of benzene rings is 3. The van der Waals surface area contributed by atoms with E-state index in [1.807, 2.05) is 61.5 Å². The van der Waals surface area contributed by atoms with Crippen molar-refractivity contribution in [1.29, 1.82) is 0 Å². The molecule has 0 amide bonds. The highest BCUT2D eigenvalue weighted by molar-refractivity contribution is 5.82. The van der Waals surface area contributed by atoms with E-state index in [9.17, 15) is 4.79 Å². The monoisotopic (exact) mass is 416 g/mol. The molecule has 3 aromatic carbocycles. The van der Waals surface area contributed by atoms with Gasteiger partial charge in [-0.3, -0.25) is 4.79 Å². The average Bonchev–Trinajstić information content (AvgIpc) is 3.38. The number of hydrogen-bond acceptors (Lipinski definition) is 4. The summed E-state index contributed by atoms with van der Waals surface area (Å²) in [6.07, 6.45) is 1.18. The van der Waals surface area contributed by atoms with Gasteiger partial charge in [0, 0.05) is 11.6 Å². The fraction of sp³-hybridized carbons (Fsp3) is 0.200. The lowest BCUT2D eigenvalue weighted by Crippen LogP contribution is -2.26. The molecular formula is C25H21FN2O3. The lowest BCUT2D eigenvalue weighted by Gasteiger charge is -2.12. The molecule has 0 saturated carbocycles. The van der Waals surface area contributed by atoms with E-state index in [0.29, 0.717) is 29.8 Å². The molecule has 1 aromatic heterocycles. The van der Waals surface area contributed by atoms with E-state index in [-0.39, 0.29) is 18.2 Å². The molecule has 0 spiro atoms. The van der Waals surface area contributed by atoms with Gasteiger partial charge in [-0.05, 0) is 59.7 Å². The van der Waals surface area contributed by atoms with Crippen molar-refractivity contribution < 1.29 is 18.7 Å². The minimum Gasteiger partial charge on any atom is -0.480 e. The van der Waals surface area contributed by atoms with Crippen molar-refractivity contribution in [2.45, 2.75) is 25.8 Å². The summed E-state index contributed by atoms with van der Waals surface area (Å²) in [6.45, 7) is 1.84. The lowest BCUT2D eigenvalue weighted by atomic mass is 9.96. The summed E-state index contributed by atoms with van der Waals surface area (Å²) in [5.41, 5.74) is 5.93. The zero-order chi connectivity index (χ0) is 21.5. The van der Waals surface area contributed by atoms with Crippen LogP contribution in [0.15, 0.2) is 59.0 Å². The number of carbonyl (C=O) groups is 1. The summed E-state index contributed by atoms with van der Waals surface area (Å²) in [7, 11) is 0. The van der Waals surface area contributed by atoms with Gasteiger partial charge in [-0.2, -0.15) is 0 Å². The Morgan fingerprint density at radius 2 is 1.97 bits per heavy atom. The van der Waals surface area contributed by atoms with Crippen molar-refractivity contribution >= 4 is 17.1 Å². The summed E-state index contributed by atoms with van der Waals surface area (Å²) >= 11 is 0. The van der Waals surface area contributed by atoms with Gasteiger partial charge in [0.25, 0.3) is 0 Å². The smallest absolute Gasteiger partial charge is 0.317 e. The number of nitrogens with one attached hydrogen (secondary N) is 1. The maximum absolute atomic E-state index is 15.2. The molecule has 1 aliphatic rings. The molecule has 0 fully saturated rings. The Balaban J connectivity index is 1.58. The van der Waals surface area contributed by atoms with Crippen LogP contribution in [0.25, 0.3) is 33.7 Å².